The van der Waals surface area contributed by atoms with Crippen molar-refractivity contribution in [2.24, 2.45) is 16.7 Å². The molecule has 0 spiro atoms. The molecule has 53 heavy (non-hydrogen) atoms. The molecule has 0 N–H and O–H groups in total. The lowest BCUT2D eigenvalue weighted by atomic mass is 9.33. The van der Waals surface area contributed by atoms with Crippen molar-refractivity contribution in [2.75, 3.05) is 9.80 Å². The first-order chi connectivity index (χ1) is 24.4. The standard InChI is InChI=1S/C50H65BN2/c1-45(2,3)31-16-20-36(21-17-31)52-39-22-18-32(46(4,5)6)26-37(39)51-38-27-33(47(7,8)9)19-23-40(38)53(43-30-34-24-25-50(43,15)49(34,13)14)42-29-35(48(10,11)12)28-41(52)44(42)51/h16-23,26-29,34,43H,24-25,30H2,1-15H3. The number of fused-ring (bicyclic) bond motifs is 6. The Kier molecular flexibility index (Phi) is 7.79. The van der Waals surface area contributed by atoms with Crippen LogP contribution in [0.3, 0.4) is 0 Å². The molecule has 278 valence electrons. The van der Waals surface area contributed by atoms with Crippen LogP contribution in [0.25, 0.3) is 0 Å². The highest BCUT2D eigenvalue weighted by Gasteiger charge is 2.64. The first-order valence-electron chi connectivity index (χ1n) is 20.6. The third kappa shape index (κ3) is 5.40. The molecule has 0 aromatic heterocycles. The second-order valence-electron chi connectivity index (χ2n) is 22.3. The lowest BCUT2D eigenvalue weighted by Gasteiger charge is -2.51. The highest BCUT2D eigenvalue weighted by molar-refractivity contribution is 7.00. The van der Waals surface area contributed by atoms with Crippen LogP contribution >= 0.6 is 0 Å². The molecule has 4 aliphatic rings. The van der Waals surface area contributed by atoms with Gasteiger partial charge in [-0.25, -0.2) is 0 Å². The fraction of sp³-hybridized carbons (Fsp3) is 0.520. The maximum absolute atomic E-state index is 2.90. The number of benzene rings is 4. The number of nitrogens with zero attached hydrogens (tertiary/aromatic N) is 2. The Bertz CT molecular complexity index is 2110. The van der Waals surface area contributed by atoms with Gasteiger partial charge in [0, 0.05) is 34.5 Å². The lowest BCUT2D eigenvalue weighted by Crippen LogP contribution is -2.64. The van der Waals surface area contributed by atoms with Crippen molar-refractivity contribution >= 4 is 51.5 Å². The van der Waals surface area contributed by atoms with Gasteiger partial charge in [0.1, 0.15) is 0 Å². The van der Waals surface area contributed by atoms with E-state index in [-0.39, 0.29) is 33.8 Å². The summed E-state index contributed by atoms with van der Waals surface area (Å²) in [7, 11) is 0. The van der Waals surface area contributed by atoms with Crippen molar-refractivity contribution in [3.63, 3.8) is 0 Å². The van der Waals surface area contributed by atoms with Crippen LogP contribution in [0.5, 0.6) is 0 Å². The molecule has 2 aliphatic heterocycles. The fourth-order valence-corrected chi connectivity index (χ4v) is 10.7. The molecule has 4 aromatic carbocycles. The highest BCUT2D eigenvalue weighted by atomic mass is 15.2. The predicted octanol–water partition coefficient (Wildman–Crippen LogP) is 11.8. The molecule has 3 unspecified atom stereocenters. The zero-order valence-electron chi connectivity index (χ0n) is 35.7. The van der Waals surface area contributed by atoms with E-state index in [1.807, 2.05) is 0 Å². The van der Waals surface area contributed by atoms with Crippen LogP contribution in [0.1, 0.15) is 145 Å². The first kappa shape index (κ1) is 36.5. The van der Waals surface area contributed by atoms with Crippen molar-refractivity contribution in [3.8, 4) is 0 Å². The van der Waals surface area contributed by atoms with Gasteiger partial charge in [-0.1, -0.05) is 140 Å². The number of hydrogen-bond donors (Lipinski definition) is 0. The monoisotopic (exact) mass is 705 g/mol. The zero-order valence-corrected chi connectivity index (χ0v) is 35.7. The van der Waals surface area contributed by atoms with E-state index in [0.717, 1.165) is 5.92 Å². The average Bonchev–Trinajstić information content (AvgIpc) is 3.40. The van der Waals surface area contributed by atoms with E-state index >= 15 is 0 Å². The van der Waals surface area contributed by atoms with E-state index in [4.69, 9.17) is 0 Å². The summed E-state index contributed by atoms with van der Waals surface area (Å²) >= 11 is 0. The Balaban J connectivity index is 1.49. The molecule has 4 aromatic rings. The molecule has 2 aliphatic carbocycles. The molecule has 0 saturated heterocycles. The van der Waals surface area contributed by atoms with Crippen molar-refractivity contribution in [1.29, 1.82) is 0 Å². The van der Waals surface area contributed by atoms with Crippen LogP contribution in [0.2, 0.25) is 0 Å². The van der Waals surface area contributed by atoms with Crippen molar-refractivity contribution in [1.82, 2.24) is 0 Å². The summed E-state index contributed by atoms with van der Waals surface area (Å²) in [5.41, 5.74) is 17.4. The maximum Gasteiger partial charge on any atom is 0.252 e. The normalized spacial score (nSPS) is 23.3. The molecule has 0 radical (unpaired) electrons. The average molecular weight is 705 g/mol. The third-order valence-electron chi connectivity index (χ3n) is 14.8. The Morgan fingerprint density at radius 1 is 0.547 bits per heavy atom. The van der Waals surface area contributed by atoms with E-state index in [0.29, 0.717) is 11.5 Å². The van der Waals surface area contributed by atoms with Crippen LogP contribution in [-0.4, -0.2) is 12.8 Å². The van der Waals surface area contributed by atoms with Crippen LogP contribution < -0.4 is 26.2 Å². The van der Waals surface area contributed by atoms with Gasteiger partial charge in [-0.05, 0) is 133 Å². The zero-order chi connectivity index (χ0) is 38.4. The van der Waals surface area contributed by atoms with Gasteiger partial charge < -0.3 is 9.80 Å². The fourth-order valence-electron chi connectivity index (χ4n) is 10.7. The van der Waals surface area contributed by atoms with Gasteiger partial charge in [0.2, 0.25) is 0 Å². The molecule has 2 nitrogen and oxygen atoms in total. The highest BCUT2D eigenvalue weighted by Crippen LogP contribution is 2.68. The van der Waals surface area contributed by atoms with Crippen molar-refractivity contribution in [2.45, 2.75) is 151 Å². The second-order valence-corrected chi connectivity index (χ2v) is 22.3. The molecule has 2 saturated carbocycles. The topological polar surface area (TPSA) is 6.48 Å². The SMILES string of the molecule is CC(C)(C)c1ccc(N2c3ccc(C(C)(C)C)cc3B3c4cc(C(C)(C)C)ccc4N(C4CC5CCC4(C)C5(C)C)c4cc(C(C)(C)C)cc2c43)cc1. The summed E-state index contributed by atoms with van der Waals surface area (Å²) in [4.78, 5) is 5.52. The first-order valence-corrected chi connectivity index (χ1v) is 20.6. The largest absolute Gasteiger partial charge is 0.339 e. The maximum atomic E-state index is 2.90. The van der Waals surface area contributed by atoms with Gasteiger partial charge in [0.05, 0.1) is 0 Å². The lowest BCUT2D eigenvalue weighted by molar-refractivity contribution is 0.136. The van der Waals surface area contributed by atoms with E-state index in [2.05, 4.69) is 186 Å². The summed E-state index contributed by atoms with van der Waals surface area (Å²) < 4.78 is 0. The van der Waals surface area contributed by atoms with E-state index in [9.17, 15) is 0 Å². The molecule has 2 bridgehead atoms. The minimum atomic E-state index is -0.0148. The van der Waals surface area contributed by atoms with Gasteiger partial charge >= 0.3 is 0 Å². The number of rotatable bonds is 2. The van der Waals surface area contributed by atoms with Gasteiger partial charge in [0.15, 0.2) is 0 Å². The predicted molar refractivity (Wildman–Crippen MR) is 232 cm³/mol. The van der Waals surface area contributed by atoms with Crippen LogP contribution in [0.15, 0.2) is 72.8 Å². The second kappa shape index (κ2) is 11.3. The number of anilines is 5. The summed E-state index contributed by atoms with van der Waals surface area (Å²) in [6, 6.07) is 30.1. The Morgan fingerprint density at radius 2 is 1.04 bits per heavy atom. The van der Waals surface area contributed by atoms with Crippen molar-refractivity contribution < 1.29 is 0 Å². The quantitative estimate of drug-likeness (QED) is 0.169. The van der Waals surface area contributed by atoms with Gasteiger partial charge in [0.25, 0.3) is 6.71 Å². The summed E-state index contributed by atoms with van der Waals surface area (Å²) in [6.45, 7) is 36.3. The van der Waals surface area contributed by atoms with Crippen LogP contribution in [0, 0.1) is 16.7 Å². The molecule has 2 fully saturated rings. The Morgan fingerprint density at radius 3 is 1.53 bits per heavy atom. The molecular weight excluding hydrogens is 639 g/mol. The molecular formula is C50H65BN2. The smallest absolute Gasteiger partial charge is 0.252 e. The van der Waals surface area contributed by atoms with Gasteiger partial charge in [-0.15, -0.1) is 0 Å². The minimum absolute atomic E-state index is 0.0148. The Labute approximate surface area is 322 Å². The van der Waals surface area contributed by atoms with Crippen LogP contribution in [-0.2, 0) is 21.7 Å². The van der Waals surface area contributed by atoms with E-state index in [1.165, 1.54) is 86.3 Å². The molecule has 3 heteroatoms. The van der Waals surface area contributed by atoms with E-state index in [1.54, 1.807) is 0 Å². The molecule has 0 amide bonds. The number of hydrogen-bond acceptors (Lipinski definition) is 2. The summed E-state index contributed by atoms with van der Waals surface area (Å²) in [5, 5.41) is 0. The molecule has 8 rings (SSSR count). The summed E-state index contributed by atoms with van der Waals surface area (Å²) in [6.07, 6.45) is 3.91. The van der Waals surface area contributed by atoms with Crippen molar-refractivity contribution in [3.05, 3.63) is 95.1 Å². The van der Waals surface area contributed by atoms with Gasteiger partial charge in [-0.3, -0.25) is 0 Å². The van der Waals surface area contributed by atoms with Gasteiger partial charge in [-0.2, -0.15) is 0 Å². The molecule has 2 heterocycles. The Hall–Kier alpha value is -3.46. The third-order valence-corrected chi connectivity index (χ3v) is 14.8. The van der Waals surface area contributed by atoms with Crippen LogP contribution in [0.4, 0.5) is 28.4 Å². The molecule has 3 atom stereocenters. The summed E-state index contributed by atoms with van der Waals surface area (Å²) in [5.74, 6) is 0.752. The van der Waals surface area contributed by atoms with E-state index < -0.39 is 0 Å². The minimum Gasteiger partial charge on any atom is -0.339 e.